The highest BCUT2D eigenvalue weighted by Gasteiger charge is 2.13. The summed E-state index contributed by atoms with van der Waals surface area (Å²) in [7, 11) is 1.67. The van der Waals surface area contributed by atoms with E-state index in [4.69, 9.17) is 14.5 Å². The second-order valence-electron chi connectivity index (χ2n) is 7.70. The zero-order chi connectivity index (χ0) is 19.9. The van der Waals surface area contributed by atoms with Gasteiger partial charge in [0, 0.05) is 6.42 Å². The number of hydrogen-bond donors (Lipinski definition) is 0. The van der Waals surface area contributed by atoms with Crippen molar-refractivity contribution in [1.29, 1.82) is 0 Å². The number of para-hydroxylation sites is 2. The molecule has 0 aliphatic carbocycles. The van der Waals surface area contributed by atoms with Crippen molar-refractivity contribution >= 4 is 11.0 Å². The second kappa shape index (κ2) is 9.79. The second-order valence-corrected chi connectivity index (χ2v) is 7.70. The fraction of sp³-hybridized carbons (Fsp3) is 0.458. The summed E-state index contributed by atoms with van der Waals surface area (Å²) in [6, 6.07) is 16.2. The highest BCUT2D eigenvalue weighted by atomic mass is 16.5. The van der Waals surface area contributed by atoms with Crippen molar-refractivity contribution in [1.82, 2.24) is 14.5 Å². The molecule has 2 aromatic carbocycles. The first kappa shape index (κ1) is 19.8. The van der Waals surface area contributed by atoms with Gasteiger partial charge in [0.15, 0.2) is 0 Å². The van der Waals surface area contributed by atoms with Gasteiger partial charge in [-0.05, 0) is 75.3 Å². The summed E-state index contributed by atoms with van der Waals surface area (Å²) < 4.78 is 13.5. The summed E-state index contributed by atoms with van der Waals surface area (Å²) in [5, 5.41) is 0. The van der Waals surface area contributed by atoms with E-state index in [1.165, 1.54) is 50.2 Å². The van der Waals surface area contributed by atoms with E-state index in [1.807, 2.05) is 24.3 Å². The molecule has 1 fully saturated rings. The fourth-order valence-electron chi connectivity index (χ4n) is 4.14. The lowest BCUT2D eigenvalue weighted by molar-refractivity contribution is 0.225. The van der Waals surface area contributed by atoms with Crippen LogP contribution < -0.4 is 9.47 Å². The number of likely N-dealkylation sites (tertiary alicyclic amines) is 1. The Morgan fingerprint density at radius 3 is 2.45 bits per heavy atom. The van der Waals surface area contributed by atoms with Gasteiger partial charge in [-0.3, -0.25) is 0 Å². The molecule has 4 rings (SSSR count). The summed E-state index contributed by atoms with van der Waals surface area (Å²) in [4.78, 5) is 7.52. The van der Waals surface area contributed by atoms with Crippen LogP contribution in [-0.4, -0.2) is 47.8 Å². The number of benzene rings is 2. The fourth-order valence-corrected chi connectivity index (χ4v) is 4.14. The van der Waals surface area contributed by atoms with Crippen molar-refractivity contribution in [2.75, 3.05) is 33.4 Å². The molecule has 0 saturated carbocycles. The van der Waals surface area contributed by atoms with Crippen molar-refractivity contribution < 1.29 is 9.47 Å². The van der Waals surface area contributed by atoms with Crippen molar-refractivity contribution in [3.05, 3.63) is 54.4 Å². The molecule has 2 heterocycles. The van der Waals surface area contributed by atoms with Gasteiger partial charge < -0.3 is 18.9 Å². The number of imidazole rings is 1. The van der Waals surface area contributed by atoms with Crippen LogP contribution in [0.4, 0.5) is 0 Å². The molecule has 0 spiro atoms. The third-order valence-electron chi connectivity index (χ3n) is 5.70. The highest BCUT2D eigenvalue weighted by molar-refractivity contribution is 5.75. The zero-order valence-corrected chi connectivity index (χ0v) is 17.3. The molecule has 1 aliphatic heterocycles. The average Bonchev–Trinajstić information content (AvgIpc) is 3.12. The molecule has 0 bridgehead atoms. The number of aryl methyl sites for hydroxylation is 1. The van der Waals surface area contributed by atoms with Gasteiger partial charge in [-0.1, -0.05) is 18.6 Å². The van der Waals surface area contributed by atoms with Crippen LogP contribution in [0.1, 0.15) is 31.5 Å². The van der Waals surface area contributed by atoms with Gasteiger partial charge in [-0.15, -0.1) is 0 Å². The molecule has 0 atom stereocenters. The smallest absolute Gasteiger partial charge is 0.119 e. The monoisotopic (exact) mass is 393 g/mol. The Bertz CT molecular complexity index is 898. The lowest BCUT2D eigenvalue weighted by Gasteiger charge is -2.26. The van der Waals surface area contributed by atoms with Gasteiger partial charge in [0.1, 0.15) is 23.9 Å². The van der Waals surface area contributed by atoms with Gasteiger partial charge in [0.2, 0.25) is 0 Å². The lowest BCUT2D eigenvalue weighted by Crippen LogP contribution is -2.30. The molecule has 0 N–H and O–H groups in total. The van der Waals surface area contributed by atoms with Crippen LogP contribution in [0.2, 0.25) is 0 Å². The Hall–Kier alpha value is -2.53. The molecule has 3 aromatic rings. The molecule has 0 amide bonds. The van der Waals surface area contributed by atoms with Crippen LogP contribution in [0.15, 0.2) is 48.5 Å². The molecule has 154 valence electrons. The number of hydrogen-bond acceptors (Lipinski definition) is 4. The van der Waals surface area contributed by atoms with Crippen molar-refractivity contribution in [3.63, 3.8) is 0 Å². The quantitative estimate of drug-likeness (QED) is 0.535. The van der Waals surface area contributed by atoms with E-state index in [9.17, 15) is 0 Å². The summed E-state index contributed by atoms with van der Waals surface area (Å²) in [5.41, 5.74) is 2.27. The third kappa shape index (κ3) is 5.10. The van der Waals surface area contributed by atoms with Crippen molar-refractivity contribution in [2.45, 2.75) is 38.6 Å². The Morgan fingerprint density at radius 1 is 0.897 bits per heavy atom. The zero-order valence-electron chi connectivity index (χ0n) is 17.3. The largest absolute Gasteiger partial charge is 0.497 e. The minimum absolute atomic E-state index is 0.617. The molecule has 5 nitrogen and oxygen atoms in total. The Kier molecular flexibility index (Phi) is 6.67. The maximum absolute atomic E-state index is 5.97. The summed E-state index contributed by atoms with van der Waals surface area (Å²) in [6.45, 7) is 5.10. The summed E-state index contributed by atoms with van der Waals surface area (Å²) >= 11 is 0. The number of ether oxygens (including phenoxy) is 2. The Morgan fingerprint density at radius 2 is 1.66 bits per heavy atom. The predicted octanol–water partition coefficient (Wildman–Crippen LogP) is 4.54. The molecular weight excluding hydrogens is 362 g/mol. The molecular formula is C24H31N3O2. The van der Waals surface area contributed by atoms with Crippen molar-refractivity contribution in [2.24, 2.45) is 0 Å². The first-order valence-electron chi connectivity index (χ1n) is 10.8. The maximum atomic E-state index is 5.97. The molecule has 1 aromatic heterocycles. The summed E-state index contributed by atoms with van der Waals surface area (Å²) in [5.74, 6) is 2.87. The van der Waals surface area contributed by atoms with Gasteiger partial charge in [-0.2, -0.15) is 0 Å². The molecule has 5 heteroatoms. The number of rotatable bonds is 9. The predicted molar refractivity (Wildman–Crippen MR) is 117 cm³/mol. The van der Waals surface area contributed by atoms with Crippen LogP contribution in [0.25, 0.3) is 11.0 Å². The van der Waals surface area contributed by atoms with Gasteiger partial charge in [-0.25, -0.2) is 4.98 Å². The van der Waals surface area contributed by atoms with E-state index in [0.717, 1.165) is 36.4 Å². The number of nitrogens with zero attached hydrogens (tertiary/aromatic N) is 3. The van der Waals surface area contributed by atoms with Crippen LogP contribution in [-0.2, 0) is 13.0 Å². The lowest BCUT2D eigenvalue weighted by atomic mass is 10.1. The highest BCUT2D eigenvalue weighted by Crippen LogP contribution is 2.20. The van der Waals surface area contributed by atoms with Crippen LogP contribution in [0, 0.1) is 0 Å². The van der Waals surface area contributed by atoms with Crippen LogP contribution in [0.5, 0.6) is 11.5 Å². The first-order chi connectivity index (χ1) is 14.3. The van der Waals surface area contributed by atoms with Gasteiger partial charge in [0.25, 0.3) is 0 Å². The van der Waals surface area contributed by atoms with Gasteiger partial charge >= 0.3 is 0 Å². The van der Waals surface area contributed by atoms with E-state index >= 15 is 0 Å². The molecule has 0 unspecified atom stereocenters. The minimum atomic E-state index is 0.617. The average molecular weight is 394 g/mol. The standard InChI is InChI=1S/C24H31N3O2/c1-28-20-11-13-21(14-12-20)29-19-18-27-23-9-4-3-8-22(23)25-24(27)10-7-17-26-15-5-2-6-16-26/h3-4,8-9,11-14H,2,5-7,10,15-19H2,1H3. The van der Waals surface area contributed by atoms with Crippen molar-refractivity contribution in [3.8, 4) is 11.5 Å². The number of fused-ring (bicyclic) bond motifs is 1. The molecule has 0 radical (unpaired) electrons. The number of aromatic nitrogens is 2. The van der Waals surface area contributed by atoms with E-state index in [0.29, 0.717) is 6.61 Å². The van der Waals surface area contributed by atoms with Gasteiger partial charge in [0.05, 0.1) is 24.7 Å². The molecule has 29 heavy (non-hydrogen) atoms. The van der Waals surface area contributed by atoms with E-state index in [-0.39, 0.29) is 0 Å². The SMILES string of the molecule is COc1ccc(OCCn2c(CCCN3CCCCC3)nc3ccccc32)cc1. The maximum Gasteiger partial charge on any atom is 0.119 e. The molecule has 1 saturated heterocycles. The normalized spacial score (nSPS) is 14.9. The van der Waals surface area contributed by atoms with E-state index in [2.05, 4.69) is 33.7 Å². The number of piperidine rings is 1. The van der Waals surface area contributed by atoms with E-state index in [1.54, 1.807) is 7.11 Å². The third-order valence-corrected chi connectivity index (χ3v) is 5.70. The Balaban J connectivity index is 1.38. The molecule has 1 aliphatic rings. The topological polar surface area (TPSA) is 39.5 Å². The Labute approximate surface area is 173 Å². The van der Waals surface area contributed by atoms with Crippen LogP contribution in [0.3, 0.4) is 0 Å². The summed E-state index contributed by atoms with van der Waals surface area (Å²) in [6.07, 6.45) is 6.25. The number of methoxy groups -OCH3 is 1. The first-order valence-corrected chi connectivity index (χ1v) is 10.8. The van der Waals surface area contributed by atoms with E-state index < -0.39 is 0 Å². The minimum Gasteiger partial charge on any atom is -0.497 e. The van der Waals surface area contributed by atoms with Crippen LogP contribution >= 0.6 is 0 Å².